The third kappa shape index (κ3) is 3.01. The van der Waals surface area contributed by atoms with E-state index >= 15 is 0 Å². The van der Waals surface area contributed by atoms with Crippen molar-refractivity contribution < 1.29 is 8.78 Å². The minimum atomic E-state index is -0.363. The van der Waals surface area contributed by atoms with Crippen LogP contribution in [-0.4, -0.2) is 12.6 Å². The molecule has 1 atom stereocenters. The number of nitrogens with one attached hydrogen (secondary N) is 1. The van der Waals surface area contributed by atoms with Crippen molar-refractivity contribution in [3.63, 3.8) is 0 Å². The molecule has 2 rings (SSSR count). The topological polar surface area (TPSA) is 12.0 Å². The van der Waals surface area contributed by atoms with Crippen LogP contribution in [0.25, 0.3) is 0 Å². The molecule has 0 aromatic heterocycles. The molecule has 1 aliphatic carbocycles. The van der Waals surface area contributed by atoms with Gasteiger partial charge in [0, 0.05) is 6.04 Å². The Kier molecular flexibility index (Phi) is 3.54. The maximum atomic E-state index is 13.4. The van der Waals surface area contributed by atoms with Crippen LogP contribution in [0.3, 0.4) is 0 Å². The minimum Gasteiger partial charge on any atom is -0.314 e. The second kappa shape index (κ2) is 4.91. The zero-order valence-corrected chi connectivity index (χ0v) is 9.47. The molecule has 0 spiro atoms. The van der Waals surface area contributed by atoms with Crippen molar-refractivity contribution in [2.24, 2.45) is 0 Å². The lowest BCUT2D eigenvalue weighted by molar-refractivity contribution is 0.540. The van der Waals surface area contributed by atoms with Gasteiger partial charge in [-0.15, -0.1) is 0 Å². The molecule has 1 fully saturated rings. The monoisotopic (exact) mass is 225 g/mol. The standard InChI is InChI=1S/C13H17F2N/c1-9(6-7-16-11-3-4-11)12-8-10(14)2-5-13(12)15/h2,5,8-9,11,16H,3-4,6-7H2,1H3. The lowest BCUT2D eigenvalue weighted by Crippen LogP contribution is -2.19. The predicted octanol–water partition coefficient (Wildman–Crippen LogP) is 3.21. The van der Waals surface area contributed by atoms with E-state index in [1.807, 2.05) is 6.92 Å². The van der Waals surface area contributed by atoms with Crippen LogP contribution < -0.4 is 5.32 Å². The molecule has 3 heteroatoms. The summed E-state index contributed by atoms with van der Waals surface area (Å²) < 4.78 is 26.4. The van der Waals surface area contributed by atoms with Gasteiger partial charge in [-0.2, -0.15) is 0 Å². The molecule has 0 bridgehead atoms. The van der Waals surface area contributed by atoms with Crippen molar-refractivity contribution >= 4 is 0 Å². The van der Waals surface area contributed by atoms with Gasteiger partial charge in [0.1, 0.15) is 11.6 Å². The van der Waals surface area contributed by atoms with E-state index in [9.17, 15) is 8.78 Å². The van der Waals surface area contributed by atoms with Gasteiger partial charge in [-0.05, 0) is 55.5 Å². The average molecular weight is 225 g/mol. The SMILES string of the molecule is CC(CCNC1CC1)c1cc(F)ccc1F. The normalized spacial score (nSPS) is 17.4. The van der Waals surface area contributed by atoms with Gasteiger partial charge in [0.15, 0.2) is 0 Å². The molecule has 0 heterocycles. The van der Waals surface area contributed by atoms with Crippen molar-refractivity contribution in [1.29, 1.82) is 0 Å². The quantitative estimate of drug-likeness (QED) is 0.811. The Morgan fingerprint density at radius 2 is 2.12 bits per heavy atom. The van der Waals surface area contributed by atoms with Gasteiger partial charge in [0.05, 0.1) is 0 Å². The number of hydrogen-bond donors (Lipinski definition) is 1. The first kappa shape index (κ1) is 11.5. The van der Waals surface area contributed by atoms with Gasteiger partial charge >= 0.3 is 0 Å². The summed E-state index contributed by atoms with van der Waals surface area (Å²) in [5, 5.41) is 3.38. The molecule has 1 unspecified atom stereocenters. The molecule has 1 saturated carbocycles. The second-order valence-electron chi connectivity index (χ2n) is 4.58. The number of hydrogen-bond acceptors (Lipinski definition) is 1. The molecule has 1 nitrogen and oxygen atoms in total. The fourth-order valence-corrected chi connectivity index (χ4v) is 1.84. The van der Waals surface area contributed by atoms with Gasteiger partial charge < -0.3 is 5.32 Å². The highest BCUT2D eigenvalue weighted by Crippen LogP contribution is 2.24. The van der Waals surface area contributed by atoms with Crippen LogP contribution in [0.4, 0.5) is 8.78 Å². The third-order valence-electron chi connectivity index (χ3n) is 3.08. The van der Waals surface area contributed by atoms with Crippen molar-refractivity contribution in [3.8, 4) is 0 Å². The van der Waals surface area contributed by atoms with E-state index in [2.05, 4.69) is 5.32 Å². The Bertz CT molecular complexity index is 361. The zero-order chi connectivity index (χ0) is 11.5. The molecule has 0 amide bonds. The third-order valence-corrected chi connectivity index (χ3v) is 3.08. The van der Waals surface area contributed by atoms with E-state index in [0.29, 0.717) is 11.6 Å². The lowest BCUT2D eigenvalue weighted by Gasteiger charge is -2.13. The second-order valence-corrected chi connectivity index (χ2v) is 4.58. The van der Waals surface area contributed by atoms with Crippen LogP contribution in [0.2, 0.25) is 0 Å². The smallest absolute Gasteiger partial charge is 0.126 e. The summed E-state index contributed by atoms with van der Waals surface area (Å²) in [7, 11) is 0. The summed E-state index contributed by atoms with van der Waals surface area (Å²) in [5.74, 6) is -0.610. The van der Waals surface area contributed by atoms with Crippen LogP contribution in [0, 0.1) is 11.6 Å². The van der Waals surface area contributed by atoms with Gasteiger partial charge in [-0.1, -0.05) is 6.92 Å². The van der Waals surface area contributed by atoms with Gasteiger partial charge in [0.2, 0.25) is 0 Å². The van der Waals surface area contributed by atoms with Crippen LogP contribution >= 0.6 is 0 Å². The Labute approximate surface area is 94.9 Å². The number of halogens is 2. The Morgan fingerprint density at radius 1 is 1.38 bits per heavy atom. The number of rotatable bonds is 5. The summed E-state index contributed by atoms with van der Waals surface area (Å²) in [4.78, 5) is 0. The number of benzene rings is 1. The Hall–Kier alpha value is -0.960. The van der Waals surface area contributed by atoms with E-state index in [1.54, 1.807) is 0 Å². The van der Waals surface area contributed by atoms with Crippen molar-refractivity contribution in [2.75, 3.05) is 6.54 Å². The van der Waals surface area contributed by atoms with Crippen LogP contribution in [0.5, 0.6) is 0 Å². The van der Waals surface area contributed by atoms with Crippen molar-refractivity contribution in [2.45, 2.75) is 38.1 Å². The molecular formula is C13H17F2N. The largest absolute Gasteiger partial charge is 0.314 e. The molecule has 0 radical (unpaired) electrons. The first-order chi connectivity index (χ1) is 7.66. The molecule has 1 N–H and O–H groups in total. The van der Waals surface area contributed by atoms with E-state index in [-0.39, 0.29) is 17.6 Å². The van der Waals surface area contributed by atoms with E-state index in [0.717, 1.165) is 19.0 Å². The summed E-state index contributed by atoms with van der Waals surface area (Å²) in [5.41, 5.74) is 0.484. The van der Waals surface area contributed by atoms with Gasteiger partial charge in [-0.25, -0.2) is 8.78 Å². The molecule has 1 aromatic carbocycles. The van der Waals surface area contributed by atoms with Gasteiger partial charge in [-0.3, -0.25) is 0 Å². The first-order valence-corrected chi connectivity index (χ1v) is 5.85. The summed E-state index contributed by atoms with van der Waals surface area (Å²) in [6.07, 6.45) is 3.35. The summed E-state index contributed by atoms with van der Waals surface area (Å²) in [6, 6.07) is 4.34. The Morgan fingerprint density at radius 3 is 2.81 bits per heavy atom. The zero-order valence-electron chi connectivity index (χ0n) is 9.47. The summed E-state index contributed by atoms with van der Waals surface area (Å²) in [6.45, 7) is 2.81. The van der Waals surface area contributed by atoms with Crippen molar-refractivity contribution in [1.82, 2.24) is 5.32 Å². The van der Waals surface area contributed by atoms with E-state index < -0.39 is 0 Å². The van der Waals surface area contributed by atoms with Crippen molar-refractivity contribution in [3.05, 3.63) is 35.4 Å². The fraction of sp³-hybridized carbons (Fsp3) is 0.538. The van der Waals surface area contributed by atoms with Gasteiger partial charge in [0.25, 0.3) is 0 Å². The minimum absolute atomic E-state index is 0.0574. The molecule has 0 saturated heterocycles. The summed E-state index contributed by atoms with van der Waals surface area (Å²) >= 11 is 0. The maximum Gasteiger partial charge on any atom is 0.126 e. The van der Waals surface area contributed by atoms with Crippen LogP contribution in [-0.2, 0) is 0 Å². The van der Waals surface area contributed by atoms with Crippen LogP contribution in [0.15, 0.2) is 18.2 Å². The maximum absolute atomic E-state index is 13.4. The highest BCUT2D eigenvalue weighted by atomic mass is 19.1. The Balaban J connectivity index is 1.90. The molecule has 1 aliphatic rings. The molecule has 1 aromatic rings. The molecular weight excluding hydrogens is 208 g/mol. The first-order valence-electron chi connectivity index (χ1n) is 5.85. The highest BCUT2D eigenvalue weighted by Gasteiger charge is 2.20. The van der Waals surface area contributed by atoms with E-state index in [4.69, 9.17) is 0 Å². The predicted molar refractivity (Wildman–Crippen MR) is 60.4 cm³/mol. The molecule has 88 valence electrons. The average Bonchev–Trinajstić information content (AvgIpc) is 3.05. The molecule has 16 heavy (non-hydrogen) atoms. The van der Waals surface area contributed by atoms with Crippen LogP contribution in [0.1, 0.15) is 37.7 Å². The lowest BCUT2D eigenvalue weighted by atomic mass is 9.97. The molecule has 0 aliphatic heterocycles. The fourth-order valence-electron chi connectivity index (χ4n) is 1.84. The highest BCUT2D eigenvalue weighted by molar-refractivity contribution is 5.22. The van der Waals surface area contributed by atoms with E-state index in [1.165, 1.54) is 25.0 Å².